The standard InChI is InChI=1S/C8H6N2S/c11-7-1-2-8-6(5-7)3-4-9-10-8/h1-5,11H. The minimum atomic E-state index is 0.908. The molecule has 0 bridgehead atoms. The van der Waals surface area contributed by atoms with Crippen molar-refractivity contribution in [2.24, 2.45) is 0 Å². The van der Waals surface area contributed by atoms with E-state index in [0.717, 1.165) is 15.8 Å². The van der Waals surface area contributed by atoms with E-state index in [0.29, 0.717) is 0 Å². The van der Waals surface area contributed by atoms with Gasteiger partial charge in [0.2, 0.25) is 0 Å². The molecule has 0 aliphatic heterocycles. The molecule has 54 valence electrons. The minimum absolute atomic E-state index is 0.908. The average Bonchev–Trinajstić information content (AvgIpc) is 2.04. The topological polar surface area (TPSA) is 25.8 Å². The van der Waals surface area contributed by atoms with E-state index in [4.69, 9.17) is 0 Å². The van der Waals surface area contributed by atoms with Crippen LogP contribution in [-0.4, -0.2) is 10.2 Å². The molecule has 0 unspecified atom stereocenters. The molecule has 11 heavy (non-hydrogen) atoms. The number of rotatable bonds is 0. The number of benzene rings is 1. The summed E-state index contributed by atoms with van der Waals surface area (Å²) in [6.45, 7) is 0. The monoisotopic (exact) mass is 162 g/mol. The van der Waals surface area contributed by atoms with Crippen molar-refractivity contribution in [1.82, 2.24) is 10.2 Å². The van der Waals surface area contributed by atoms with Crippen LogP contribution in [0.5, 0.6) is 0 Å². The zero-order chi connectivity index (χ0) is 7.68. The van der Waals surface area contributed by atoms with Crippen LogP contribution in [-0.2, 0) is 0 Å². The van der Waals surface area contributed by atoms with Crippen LogP contribution in [0.3, 0.4) is 0 Å². The Morgan fingerprint density at radius 2 is 2.09 bits per heavy atom. The van der Waals surface area contributed by atoms with Crippen molar-refractivity contribution in [3.05, 3.63) is 30.5 Å². The molecule has 1 aromatic heterocycles. The second kappa shape index (κ2) is 2.51. The summed E-state index contributed by atoms with van der Waals surface area (Å²) in [5.74, 6) is 0. The van der Waals surface area contributed by atoms with Gasteiger partial charge in [0, 0.05) is 10.3 Å². The van der Waals surface area contributed by atoms with E-state index < -0.39 is 0 Å². The third-order valence-corrected chi connectivity index (χ3v) is 1.78. The molecule has 3 heteroatoms. The molecule has 0 fully saturated rings. The van der Waals surface area contributed by atoms with E-state index >= 15 is 0 Å². The van der Waals surface area contributed by atoms with Crippen LogP contribution < -0.4 is 0 Å². The molecule has 2 aromatic rings. The summed E-state index contributed by atoms with van der Waals surface area (Å²) < 4.78 is 0. The van der Waals surface area contributed by atoms with Crippen LogP contribution >= 0.6 is 12.6 Å². The van der Waals surface area contributed by atoms with Crippen molar-refractivity contribution in [2.45, 2.75) is 4.90 Å². The SMILES string of the molecule is Sc1ccc2nnccc2c1. The lowest BCUT2D eigenvalue weighted by Gasteiger charge is -1.94. The van der Waals surface area contributed by atoms with Crippen LogP contribution in [0, 0.1) is 0 Å². The van der Waals surface area contributed by atoms with Crippen molar-refractivity contribution >= 4 is 23.5 Å². The van der Waals surface area contributed by atoms with E-state index in [2.05, 4.69) is 22.8 Å². The van der Waals surface area contributed by atoms with Gasteiger partial charge in [0.05, 0.1) is 11.7 Å². The van der Waals surface area contributed by atoms with Crippen LogP contribution in [0.15, 0.2) is 35.4 Å². The molecule has 0 saturated carbocycles. The predicted molar refractivity (Wildman–Crippen MR) is 46.8 cm³/mol. The molecule has 1 aromatic carbocycles. The van der Waals surface area contributed by atoms with Gasteiger partial charge in [0.1, 0.15) is 0 Å². The first-order valence-electron chi connectivity index (χ1n) is 3.27. The number of nitrogens with zero attached hydrogens (tertiary/aromatic N) is 2. The summed E-state index contributed by atoms with van der Waals surface area (Å²) >= 11 is 4.21. The van der Waals surface area contributed by atoms with Gasteiger partial charge in [-0.15, -0.1) is 12.6 Å². The molecule has 0 radical (unpaired) electrons. The second-order valence-corrected chi connectivity index (χ2v) is 2.79. The van der Waals surface area contributed by atoms with E-state index in [9.17, 15) is 0 Å². The fourth-order valence-electron chi connectivity index (χ4n) is 0.976. The van der Waals surface area contributed by atoms with Crippen molar-refractivity contribution in [3.8, 4) is 0 Å². The average molecular weight is 162 g/mol. The summed E-state index contributed by atoms with van der Waals surface area (Å²) in [7, 11) is 0. The Balaban J connectivity index is 2.83. The van der Waals surface area contributed by atoms with E-state index in [1.54, 1.807) is 6.20 Å². The Morgan fingerprint density at radius 3 is 3.00 bits per heavy atom. The van der Waals surface area contributed by atoms with Gasteiger partial charge < -0.3 is 0 Å². The van der Waals surface area contributed by atoms with Gasteiger partial charge in [-0.1, -0.05) is 0 Å². The Bertz CT molecular complexity index is 387. The van der Waals surface area contributed by atoms with E-state index in [1.807, 2.05) is 24.3 Å². The smallest absolute Gasteiger partial charge is 0.0930 e. The first-order valence-corrected chi connectivity index (χ1v) is 3.71. The third-order valence-electron chi connectivity index (χ3n) is 1.50. The van der Waals surface area contributed by atoms with Crippen molar-refractivity contribution in [3.63, 3.8) is 0 Å². The third kappa shape index (κ3) is 1.19. The van der Waals surface area contributed by atoms with Gasteiger partial charge >= 0.3 is 0 Å². The summed E-state index contributed by atoms with van der Waals surface area (Å²) in [6.07, 6.45) is 1.68. The van der Waals surface area contributed by atoms with Gasteiger partial charge in [-0.2, -0.15) is 10.2 Å². The molecular weight excluding hydrogens is 156 g/mol. The first-order chi connectivity index (χ1) is 5.36. The quantitative estimate of drug-likeness (QED) is 0.599. The maximum Gasteiger partial charge on any atom is 0.0930 e. The Labute approximate surface area is 69.7 Å². The number of aromatic nitrogens is 2. The lowest BCUT2D eigenvalue weighted by Crippen LogP contribution is -1.80. The van der Waals surface area contributed by atoms with Gasteiger partial charge in [-0.25, -0.2) is 0 Å². The molecule has 0 aliphatic carbocycles. The highest BCUT2D eigenvalue weighted by Gasteiger charge is 1.92. The molecule has 0 aliphatic rings. The summed E-state index contributed by atoms with van der Waals surface area (Å²) in [5.41, 5.74) is 0.908. The van der Waals surface area contributed by atoms with Crippen molar-refractivity contribution in [2.75, 3.05) is 0 Å². The molecular formula is C8H6N2S. The molecule has 0 amide bonds. The summed E-state index contributed by atoms with van der Waals surface area (Å²) in [6, 6.07) is 7.69. The highest BCUT2D eigenvalue weighted by atomic mass is 32.1. The van der Waals surface area contributed by atoms with Crippen LogP contribution in [0.2, 0.25) is 0 Å². The number of thiol groups is 1. The number of hydrogen-bond donors (Lipinski definition) is 1. The molecule has 0 spiro atoms. The molecule has 2 nitrogen and oxygen atoms in total. The fourth-order valence-corrected chi connectivity index (χ4v) is 1.19. The lowest BCUT2D eigenvalue weighted by molar-refractivity contribution is 1.07. The van der Waals surface area contributed by atoms with Crippen molar-refractivity contribution in [1.29, 1.82) is 0 Å². The van der Waals surface area contributed by atoms with Crippen LogP contribution in [0.1, 0.15) is 0 Å². The number of fused-ring (bicyclic) bond motifs is 1. The highest BCUT2D eigenvalue weighted by Crippen LogP contribution is 2.14. The Hall–Kier alpha value is -1.09. The summed E-state index contributed by atoms with van der Waals surface area (Å²) in [4.78, 5) is 0.950. The van der Waals surface area contributed by atoms with Gasteiger partial charge in [0.25, 0.3) is 0 Å². The maximum absolute atomic E-state index is 4.21. The minimum Gasteiger partial charge on any atom is -0.159 e. The normalized spacial score (nSPS) is 10.3. The second-order valence-electron chi connectivity index (χ2n) is 2.27. The fraction of sp³-hybridized carbons (Fsp3) is 0. The molecule has 0 saturated heterocycles. The highest BCUT2D eigenvalue weighted by molar-refractivity contribution is 7.80. The maximum atomic E-state index is 4.21. The Kier molecular flexibility index (Phi) is 1.51. The van der Waals surface area contributed by atoms with E-state index in [-0.39, 0.29) is 0 Å². The van der Waals surface area contributed by atoms with Gasteiger partial charge in [-0.05, 0) is 24.3 Å². The van der Waals surface area contributed by atoms with Crippen LogP contribution in [0.4, 0.5) is 0 Å². The largest absolute Gasteiger partial charge is 0.159 e. The Morgan fingerprint density at radius 1 is 1.18 bits per heavy atom. The molecule has 0 atom stereocenters. The molecule has 2 rings (SSSR count). The number of hydrogen-bond acceptors (Lipinski definition) is 3. The molecule has 0 N–H and O–H groups in total. The first kappa shape index (κ1) is 6.61. The zero-order valence-corrected chi connectivity index (χ0v) is 6.62. The van der Waals surface area contributed by atoms with Crippen molar-refractivity contribution < 1.29 is 0 Å². The van der Waals surface area contributed by atoms with Gasteiger partial charge in [-0.3, -0.25) is 0 Å². The van der Waals surface area contributed by atoms with Crippen LogP contribution in [0.25, 0.3) is 10.9 Å². The van der Waals surface area contributed by atoms with E-state index in [1.165, 1.54) is 0 Å². The molecule has 1 heterocycles. The zero-order valence-electron chi connectivity index (χ0n) is 5.73. The predicted octanol–water partition coefficient (Wildman–Crippen LogP) is 1.92. The summed E-state index contributed by atoms with van der Waals surface area (Å²) in [5, 5.41) is 8.78. The lowest BCUT2D eigenvalue weighted by atomic mass is 10.2. The van der Waals surface area contributed by atoms with Gasteiger partial charge in [0.15, 0.2) is 0 Å².